The molecule has 2 aliphatic rings. The van der Waals surface area contributed by atoms with Gasteiger partial charge in [0.1, 0.15) is 0 Å². The molecule has 2 aromatic rings. The minimum absolute atomic E-state index is 0.158. The summed E-state index contributed by atoms with van der Waals surface area (Å²) in [5, 5.41) is 4.13. The second-order valence-electron chi connectivity index (χ2n) is 9.46. The molecule has 0 unspecified atom stereocenters. The number of hydrogen-bond donors (Lipinski definition) is 0. The number of aryl methyl sites for hydroxylation is 1. The second kappa shape index (κ2) is 8.27. The number of nitrogens with zero attached hydrogens (tertiary/aromatic N) is 4. The van der Waals surface area contributed by atoms with Gasteiger partial charge in [0, 0.05) is 24.6 Å². The molecular weight excluding hydrogens is 364 g/mol. The van der Waals surface area contributed by atoms with Crippen molar-refractivity contribution in [1.82, 2.24) is 19.9 Å². The third kappa shape index (κ3) is 4.86. The van der Waals surface area contributed by atoms with Crippen LogP contribution in [0.4, 0.5) is 0 Å². The molecular formula is C23H32N4O2. The average Bonchev–Trinajstić information content (AvgIpc) is 3.16. The highest BCUT2D eigenvalue weighted by atomic mass is 16.5. The quantitative estimate of drug-likeness (QED) is 0.784. The summed E-state index contributed by atoms with van der Waals surface area (Å²) >= 11 is 0. The molecule has 0 saturated carbocycles. The molecule has 0 aliphatic carbocycles. The van der Waals surface area contributed by atoms with Crippen LogP contribution in [0.1, 0.15) is 51.0 Å². The van der Waals surface area contributed by atoms with Gasteiger partial charge in [0.25, 0.3) is 0 Å². The summed E-state index contributed by atoms with van der Waals surface area (Å²) in [4.78, 5) is 21.9. The van der Waals surface area contributed by atoms with Crippen molar-refractivity contribution in [3.63, 3.8) is 0 Å². The summed E-state index contributed by atoms with van der Waals surface area (Å²) < 4.78 is 5.47. The first-order chi connectivity index (χ1) is 13.9. The van der Waals surface area contributed by atoms with Crippen LogP contribution in [0.2, 0.25) is 0 Å². The van der Waals surface area contributed by atoms with Crippen LogP contribution in [-0.4, -0.2) is 52.0 Å². The maximum absolute atomic E-state index is 13.0. The van der Waals surface area contributed by atoms with Crippen LogP contribution in [0.15, 0.2) is 28.8 Å². The molecule has 1 amide bonds. The highest BCUT2D eigenvalue weighted by Crippen LogP contribution is 2.31. The summed E-state index contributed by atoms with van der Waals surface area (Å²) in [6, 6.07) is 8.14. The number of carbonyl (C=O) groups excluding carboxylic acids is 1. The number of carbonyl (C=O) groups is 1. The van der Waals surface area contributed by atoms with Crippen LogP contribution < -0.4 is 0 Å². The van der Waals surface area contributed by atoms with Gasteiger partial charge in [-0.3, -0.25) is 9.69 Å². The summed E-state index contributed by atoms with van der Waals surface area (Å²) in [5.74, 6) is 1.80. The summed E-state index contributed by atoms with van der Waals surface area (Å²) in [5.41, 5.74) is 2.43. The van der Waals surface area contributed by atoms with Gasteiger partial charge in [-0.1, -0.05) is 48.8 Å². The second-order valence-corrected chi connectivity index (χ2v) is 9.46. The lowest BCUT2D eigenvalue weighted by molar-refractivity contribution is -0.140. The van der Waals surface area contributed by atoms with E-state index in [-0.39, 0.29) is 11.3 Å². The molecule has 2 fully saturated rings. The van der Waals surface area contributed by atoms with E-state index in [9.17, 15) is 4.79 Å². The Kier molecular flexibility index (Phi) is 5.72. The SMILES string of the molecule is Cc1ccc(-c2noc(CN3CCC(C(=O)N4CCCC(C)(C)C4)CC3)n2)cc1. The molecule has 0 atom stereocenters. The van der Waals surface area contributed by atoms with Crippen molar-refractivity contribution in [2.45, 2.75) is 53.0 Å². The van der Waals surface area contributed by atoms with Gasteiger partial charge < -0.3 is 9.42 Å². The van der Waals surface area contributed by atoms with Gasteiger partial charge in [0.2, 0.25) is 17.6 Å². The molecule has 2 aliphatic heterocycles. The minimum atomic E-state index is 0.158. The Morgan fingerprint density at radius 1 is 1.17 bits per heavy atom. The van der Waals surface area contributed by atoms with E-state index in [1.54, 1.807) is 0 Å². The highest BCUT2D eigenvalue weighted by Gasteiger charge is 2.34. The van der Waals surface area contributed by atoms with Crippen molar-refractivity contribution in [3.05, 3.63) is 35.7 Å². The molecule has 3 heterocycles. The van der Waals surface area contributed by atoms with Crippen LogP contribution in [-0.2, 0) is 11.3 Å². The molecule has 4 rings (SSSR count). The zero-order chi connectivity index (χ0) is 20.4. The first-order valence-corrected chi connectivity index (χ1v) is 10.8. The van der Waals surface area contributed by atoms with Gasteiger partial charge in [0.15, 0.2) is 0 Å². The third-order valence-electron chi connectivity index (χ3n) is 6.29. The predicted molar refractivity (Wildman–Crippen MR) is 112 cm³/mol. The lowest BCUT2D eigenvalue weighted by Gasteiger charge is -2.41. The Morgan fingerprint density at radius 3 is 2.59 bits per heavy atom. The number of likely N-dealkylation sites (tertiary alicyclic amines) is 2. The normalized spacial score (nSPS) is 20.7. The van der Waals surface area contributed by atoms with E-state index in [1.165, 1.54) is 12.0 Å². The fourth-order valence-electron chi connectivity index (χ4n) is 4.54. The van der Waals surface area contributed by atoms with E-state index in [2.05, 4.69) is 52.8 Å². The monoisotopic (exact) mass is 396 g/mol. The van der Waals surface area contributed by atoms with Gasteiger partial charge in [-0.25, -0.2) is 0 Å². The van der Waals surface area contributed by atoms with E-state index < -0.39 is 0 Å². The first kappa shape index (κ1) is 20.1. The standard InChI is InChI=1S/C23H32N4O2/c1-17-5-7-18(8-6-17)21-24-20(29-25-21)15-26-13-9-19(10-14-26)22(28)27-12-4-11-23(2,3)16-27/h5-8,19H,4,9-16H2,1-3H3. The highest BCUT2D eigenvalue weighted by molar-refractivity contribution is 5.79. The summed E-state index contributed by atoms with van der Waals surface area (Å²) in [6.45, 7) is 10.9. The maximum Gasteiger partial charge on any atom is 0.241 e. The topological polar surface area (TPSA) is 62.5 Å². The van der Waals surface area contributed by atoms with E-state index >= 15 is 0 Å². The summed E-state index contributed by atoms with van der Waals surface area (Å²) in [7, 11) is 0. The smallest absolute Gasteiger partial charge is 0.241 e. The molecule has 1 aromatic heterocycles. The number of piperidine rings is 2. The fourth-order valence-corrected chi connectivity index (χ4v) is 4.54. The number of rotatable bonds is 4. The predicted octanol–water partition coefficient (Wildman–Crippen LogP) is 3.91. The molecule has 1 aromatic carbocycles. The van der Waals surface area contributed by atoms with E-state index in [0.717, 1.165) is 51.0 Å². The van der Waals surface area contributed by atoms with E-state index in [1.807, 2.05) is 12.1 Å². The van der Waals surface area contributed by atoms with Crippen LogP contribution in [0.25, 0.3) is 11.4 Å². The van der Waals surface area contributed by atoms with Crippen LogP contribution in [0.3, 0.4) is 0 Å². The maximum atomic E-state index is 13.0. The zero-order valence-corrected chi connectivity index (χ0v) is 17.9. The van der Waals surface area contributed by atoms with Gasteiger partial charge in [-0.05, 0) is 51.1 Å². The molecule has 0 radical (unpaired) electrons. The lowest BCUT2D eigenvalue weighted by atomic mass is 9.83. The van der Waals surface area contributed by atoms with Gasteiger partial charge in [0.05, 0.1) is 6.54 Å². The van der Waals surface area contributed by atoms with E-state index in [0.29, 0.717) is 24.2 Å². The number of hydrogen-bond acceptors (Lipinski definition) is 5. The first-order valence-electron chi connectivity index (χ1n) is 10.8. The van der Waals surface area contributed by atoms with Crippen molar-refractivity contribution in [3.8, 4) is 11.4 Å². The Hall–Kier alpha value is -2.21. The minimum Gasteiger partial charge on any atom is -0.342 e. The zero-order valence-electron chi connectivity index (χ0n) is 17.9. The molecule has 6 nitrogen and oxygen atoms in total. The Labute approximate surface area is 173 Å². The Bertz CT molecular complexity index is 835. The van der Waals surface area contributed by atoms with Crippen LogP contribution >= 0.6 is 0 Å². The van der Waals surface area contributed by atoms with Crippen molar-refractivity contribution < 1.29 is 9.32 Å². The largest absolute Gasteiger partial charge is 0.342 e. The Balaban J connectivity index is 1.29. The number of benzene rings is 1. The van der Waals surface area contributed by atoms with Crippen molar-refractivity contribution in [2.75, 3.05) is 26.2 Å². The van der Waals surface area contributed by atoms with Gasteiger partial charge in [-0.15, -0.1) is 0 Å². The van der Waals surface area contributed by atoms with Crippen molar-refractivity contribution in [2.24, 2.45) is 11.3 Å². The summed E-state index contributed by atoms with van der Waals surface area (Å²) in [6.07, 6.45) is 4.16. The molecule has 6 heteroatoms. The Morgan fingerprint density at radius 2 is 1.90 bits per heavy atom. The fraction of sp³-hybridized carbons (Fsp3) is 0.609. The number of aromatic nitrogens is 2. The molecule has 29 heavy (non-hydrogen) atoms. The van der Waals surface area contributed by atoms with Crippen molar-refractivity contribution >= 4 is 5.91 Å². The molecule has 0 spiro atoms. The van der Waals surface area contributed by atoms with Crippen LogP contribution in [0.5, 0.6) is 0 Å². The van der Waals surface area contributed by atoms with E-state index in [4.69, 9.17) is 4.52 Å². The molecule has 156 valence electrons. The molecule has 0 bridgehead atoms. The van der Waals surface area contributed by atoms with Gasteiger partial charge in [-0.2, -0.15) is 4.98 Å². The number of amides is 1. The van der Waals surface area contributed by atoms with Crippen molar-refractivity contribution in [1.29, 1.82) is 0 Å². The third-order valence-corrected chi connectivity index (χ3v) is 6.29. The average molecular weight is 397 g/mol. The van der Waals surface area contributed by atoms with Gasteiger partial charge >= 0.3 is 0 Å². The van der Waals surface area contributed by atoms with Crippen LogP contribution in [0, 0.1) is 18.3 Å². The lowest BCUT2D eigenvalue weighted by Crippen LogP contribution is -2.48. The molecule has 2 saturated heterocycles. The molecule has 0 N–H and O–H groups in total.